The minimum atomic E-state index is -1.49. The molecule has 0 fully saturated rings. The summed E-state index contributed by atoms with van der Waals surface area (Å²) in [6.07, 6.45) is 0.137. The van der Waals surface area contributed by atoms with Gasteiger partial charge in [0.25, 0.3) is 5.69 Å². The van der Waals surface area contributed by atoms with E-state index in [9.17, 15) is 14.9 Å². The maximum atomic E-state index is 11.3. The molecule has 30 heavy (non-hydrogen) atoms. The highest BCUT2D eigenvalue weighted by atomic mass is 35.5. The van der Waals surface area contributed by atoms with E-state index in [1.54, 1.807) is 18.5 Å². The number of nitro groups is 1. The first kappa shape index (κ1) is 21.9. The van der Waals surface area contributed by atoms with Crippen molar-refractivity contribution in [1.82, 2.24) is 9.55 Å². The van der Waals surface area contributed by atoms with Crippen LogP contribution in [0, 0.1) is 15.5 Å². The topological polar surface area (TPSA) is 107 Å². The summed E-state index contributed by atoms with van der Waals surface area (Å²) in [6, 6.07) is 7.25. The van der Waals surface area contributed by atoms with Gasteiger partial charge in [0.1, 0.15) is 5.75 Å². The number of carboxylic acid groups (broad SMARTS) is 1. The number of halogens is 2. The third-order valence-electron chi connectivity index (χ3n) is 4.86. The lowest BCUT2D eigenvalue weighted by molar-refractivity contribution is -0.385. The van der Waals surface area contributed by atoms with Crippen molar-refractivity contribution >= 4 is 46.1 Å². The second kappa shape index (κ2) is 8.12. The molecule has 0 bridgehead atoms. The molecule has 0 aliphatic rings. The van der Waals surface area contributed by atoms with Gasteiger partial charge in [-0.1, -0.05) is 44.0 Å². The SMILES string of the molecule is CC(C)(C)C(Cn1cnc2cc(Cl)c(Cl)cc21)c1cc([N+](=O)[O-])ccc1OC(=O)O. The number of ether oxygens (including phenoxy) is 1. The first-order valence-corrected chi connectivity index (χ1v) is 9.72. The first-order valence-electron chi connectivity index (χ1n) is 8.96. The molecule has 2 aromatic carbocycles. The normalized spacial score (nSPS) is 12.7. The summed E-state index contributed by atoms with van der Waals surface area (Å²) in [5, 5.41) is 21.2. The van der Waals surface area contributed by atoms with Gasteiger partial charge in [0.2, 0.25) is 0 Å². The third-order valence-corrected chi connectivity index (χ3v) is 5.59. The zero-order valence-electron chi connectivity index (χ0n) is 16.4. The number of imidazole rings is 1. The number of hydrogen-bond donors (Lipinski definition) is 1. The minimum Gasteiger partial charge on any atom is -0.449 e. The molecule has 0 amide bonds. The fourth-order valence-electron chi connectivity index (χ4n) is 3.34. The molecule has 0 radical (unpaired) electrons. The average Bonchev–Trinajstić information content (AvgIpc) is 3.00. The van der Waals surface area contributed by atoms with Crippen molar-refractivity contribution in [3.05, 3.63) is 62.4 Å². The summed E-state index contributed by atoms with van der Waals surface area (Å²) < 4.78 is 6.79. The Kier molecular flexibility index (Phi) is 5.92. The number of rotatable bonds is 5. The lowest BCUT2D eigenvalue weighted by Gasteiger charge is -2.32. The summed E-state index contributed by atoms with van der Waals surface area (Å²) in [6.45, 7) is 6.24. The van der Waals surface area contributed by atoms with Gasteiger partial charge in [0, 0.05) is 30.2 Å². The fraction of sp³-hybridized carbons (Fsp3) is 0.300. The molecule has 0 saturated heterocycles. The molecule has 158 valence electrons. The molecular formula is C20H19Cl2N3O5. The Morgan fingerprint density at radius 1 is 1.27 bits per heavy atom. The van der Waals surface area contributed by atoms with Gasteiger partial charge in [0.15, 0.2) is 0 Å². The lowest BCUT2D eigenvalue weighted by atomic mass is 9.76. The van der Waals surface area contributed by atoms with Crippen LogP contribution in [0.3, 0.4) is 0 Å². The third kappa shape index (κ3) is 4.49. The van der Waals surface area contributed by atoms with Crippen molar-refractivity contribution < 1.29 is 19.6 Å². The molecule has 1 unspecified atom stereocenters. The second-order valence-corrected chi connectivity index (χ2v) is 8.73. The van der Waals surface area contributed by atoms with Crippen LogP contribution in [-0.2, 0) is 6.54 Å². The smallest absolute Gasteiger partial charge is 0.449 e. The van der Waals surface area contributed by atoms with E-state index >= 15 is 0 Å². The predicted octanol–water partition coefficient (Wildman–Crippen LogP) is 6.14. The maximum Gasteiger partial charge on any atom is 0.511 e. The Hall–Kier alpha value is -2.84. The van der Waals surface area contributed by atoms with Gasteiger partial charge < -0.3 is 14.4 Å². The minimum absolute atomic E-state index is 0.0542. The van der Waals surface area contributed by atoms with E-state index in [1.165, 1.54) is 18.2 Å². The van der Waals surface area contributed by atoms with E-state index < -0.39 is 16.5 Å². The fourth-order valence-corrected chi connectivity index (χ4v) is 3.66. The number of hydrogen-bond acceptors (Lipinski definition) is 5. The van der Waals surface area contributed by atoms with Crippen LogP contribution in [0.5, 0.6) is 5.75 Å². The van der Waals surface area contributed by atoms with Gasteiger partial charge in [0.05, 0.1) is 32.3 Å². The summed E-state index contributed by atoms with van der Waals surface area (Å²) in [5.41, 5.74) is 1.25. The van der Waals surface area contributed by atoms with E-state index in [1.807, 2.05) is 25.3 Å². The molecule has 1 N–H and O–H groups in total. The highest BCUT2D eigenvalue weighted by molar-refractivity contribution is 6.42. The van der Waals surface area contributed by atoms with Crippen LogP contribution in [0.2, 0.25) is 10.0 Å². The lowest BCUT2D eigenvalue weighted by Crippen LogP contribution is -2.24. The Morgan fingerprint density at radius 2 is 1.93 bits per heavy atom. The zero-order valence-corrected chi connectivity index (χ0v) is 17.9. The zero-order chi connectivity index (χ0) is 22.2. The number of aromatic nitrogens is 2. The van der Waals surface area contributed by atoms with E-state index in [0.29, 0.717) is 27.7 Å². The second-order valence-electron chi connectivity index (χ2n) is 7.92. The van der Waals surface area contributed by atoms with Crippen LogP contribution in [0.15, 0.2) is 36.7 Å². The molecule has 0 spiro atoms. The van der Waals surface area contributed by atoms with Crippen molar-refractivity contribution in [2.24, 2.45) is 5.41 Å². The van der Waals surface area contributed by atoms with Crippen molar-refractivity contribution in [1.29, 1.82) is 0 Å². The number of nitro benzene ring substituents is 1. The standard InChI is InChI=1S/C20H19Cl2N3O5/c1-20(2,3)13(9-24-10-23-16-7-14(21)15(22)8-17(16)24)12-6-11(25(28)29)4-5-18(12)30-19(26)27/h4-8,10,13H,9H2,1-3H3,(H,26,27). The van der Waals surface area contributed by atoms with Crippen molar-refractivity contribution in [2.45, 2.75) is 33.2 Å². The molecule has 10 heteroatoms. The van der Waals surface area contributed by atoms with E-state index in [4.69, 9.17) is 33.0 Å². The van der Waals surface area contributed by atoms with Crippen LogP contribution in [0.4, 0.5) is 10.5 Å². The summed E-state index contributed by atoms with van der Waals surface area (Å²) >= 11 is 12.2. The molecule has 1 aromatic heterocycles. The van der Waals surface area contributed by atoms with Gasteiger partial charge in [-0.15, -0.1) is 0 Å². The Morgan fingerprint density at radius 3 is 2.53 bits per heavy atom. The first-order chi connectivity index (χ1) is 14.0. The summed E-state index contributed by atoms with van der Waals surface area (Å²) in [4.78, 5) is 26.3. The molecule has 1 heterocycles. The van der Waals surface area contributed by atoms with Crippen LogP contribution < -0.4 is 4.74 Å². The highest BCUT2D eigenvalue weighted by Crippen LogP contribution is 2.43. The van der Waals surface area contributed by atoms with Crippen molar-refractivity contribution in [3.63, 3.8) is 0 Å². The number of carbonyl (C=O) groups is 1. The molecule has 3 rings (SSSR count). The molecule has 8 nitrogen and oxygen atoms in total. The van der Waals surface area contributed by atoms with E-state index in [2.05, 4.69) is 4.98 Å². The Labute approximate surface area is 182 Å². The maximum absolute atomic E-state index is 11.3. The molecule has 0 aliphatic carbocycles. The Bertz CT molecular complexity index is 1140. The molecule has 3 aromatic rings. The molecule has 1 atom stereocenters. The van der Waals surface area contributed by atoms with Gasteiger partial charge in [-0.25, -0.2) is 9.78 Å². The van der Waals surface area contributed by atoms with E-state index in [0.717, 1.165) is 5.52 Å². The largest absolute Gasteiger partial charge is 0.511 e. The van der Waals surface area contributed by atoms with Crippen LogP contribution in [0.1, 0.15) is 32.3 Å². The Balaban J connectivity index is 2.14. The van der Waals surface area contributed by atoms with Gasteiger partial charge >= 0.3 is 6.16 Å². The van der Waals surface area contributed by atoms with Crippen LogP contribution in [-0.4, -0.2) is 25.7 Å². The summed E-state index contributed by atoms with van der Waals surface area (Å²) in [5.74, 6) is -0.294. The van der Waals surface area contributed by atoms with Gasteiger partial charge in [-0.2, -0.15) is 0 Å². The quantitative estimate of drug-likeness (QED) is 0.216. The van der Waals surface area contributed by atoms with Crippen molar-refractivity contribution in [3.8, 4) is 5.75 Å². The van der Waals surface area contributed by atoms with Crippen LogP contribution >= 0.6 is 23.2 Å². The summed E-state index contributed by atoms with van der Waals surface area (Å²) in [7, 11) is 0. The number of nitrogens with zero attached hydrogens (tertiary/aromatic N) is 3. The number of fused-ring (bicyclic) bond motifs is 1. The molecule has 0 saturated carbocycles. The van der Waals surface area contributed by atoms with E-state index in [-0.39, 0.29) is 17.4 Å². The molecular weight excluding hydrogens is 433 g/mol. The number of non-ortho nitro benzene ring substituents is 1. The predicted molar refractivity (Wildman–Crippen MR) is 114 cm³/mol. The molecule has 0 aliphatic heterocycles. The highest BCUT2D eigenvalue weighted by Gasteiger charge is 2.32. The number of benzene rings is 2. The van der Waals surface area contributed by atoms with Gasteiger partial charge in [-0.05, 0) is 23.6 Å². The van der Waals surface area contributed by atoms with Crippen molar-refractivity contribution in [2.75, 3.05) is 0 Å². The average molecular weight is 452 g/mol. The van der Waals surface area contributed by atoms with Gasteiger partial charge in [-0.3, -0.25) is 10.1 Å². The van der Waals surface area contributed by atoms with Crippen LogP contribution in [0.25, 0.3) is 11.0 Å². The monoisotopic (exact) mass is 451 g/mol.